The number of likely N-dealkylation sites (N-methyl/N-ethyl adjacent to an activating group) is 1. The monoisotopic (exact) mass is 359 g/mol. The molecule has 6 nitrogen and oxygen atoms in total. The van der Waals surface area contributed by atoms with Gasteiger partial charge < -0.3 is 20.3 Å². The molecule has 0 heterocycles. The van der Waals surface area contributed by atoms with Crippen molar-refractivity contribution in [1.82, 2.24) is 15.5 Å². The summed E-state index contributed by atoms with van der Waals surface area (Å²) in [6.07, 6.45) is 14.2. The summed E-state index contributed by atoms with van der Waals surface area (Å²) >= 11 is 0. The SMILES string of the molecule is CN(C)C1=CCC=C(C(=O)C(NC(=O)NCC=O)C2CCCCC2)C=C1. The first kappa shape index (κ1) is 19.9. The Labute approximate surface area is 155 Å². The zero-order valence-electron chi connectivity index (χ0n) is 15.7. The quantitative estimate of drug-likeness (QED) is 0.684. The highest BCUT2D eigenvalue weighted by molar-refractivity contribution is 6.03. The van der Waals surface area contributed by atoms with E-state index in [4.69, 9.17) is 0 Å². The minimum atomic E-state index is -0.557. The first-order valence-corrected chi connectivity index (χ1v) is 9.31. The predicted octanol–water partition coefficient (Wildman–Crippen LogP) is 2.33. The molecule has 2 N–H and O–H groups in total. The number of amides is 2. The Morgan fingerprint density at radius 2 is 1.92 bits per heavy atom. The van der Waals surface area contributed by atoms with E-state index in [1.165, 1.54) is 6.42 Å². The number of carbonyl (C=O) groups is 3. The van der Waals surface area contributed by atoms with E-state index in [9.17, 15) is 14.4 Å². The standard InChI is InChI=1S/C20H29N3O3/c1-23(2)17-10-6-9-16(11-12-17)19(25)18(15-7-4-3-5-8-15)22-20(26)21-13-14-24/h9-12,14-15,18H,3-8,13H2,1-2H3,(H2,21,22,26). The van der Waals surface area contributed by atoms with Crippen molar-refractivity contribution in [2.75, 3.05) is 20.6 Å². The number of ketones is 1. The van der Waals surface area contributed by atoms with Gasteiger partial charge in [-0.2, -0.15) is 0 Å². The molecule has 6 heteroatoms. The molecule has 2 aliphatic carbocycles. The van der Waals surface area contributed by atoms with Crippen molar-refractivity contribution in [1.29, 1.82) is 0 Å². The molecule has 1 saturated carbocycles. The molecule has 26 heavy (non-hydrogen) atoms. The van der Waals surface area contributed by atoms with Gasteiger partial charge in [-0.1, -0.05) is 31.4 Å². The van der Waals surface area contributed by atoms with Gasteiger partial charge in [0.1, 0.15) is 6.29 Å². The summed E-state index contributed by atoms with van der Waals surface area (Å²) in [5.74, 6) is 0.0832. The zero-order valence-corrected chi connectivity index (χ0v) is 15.7. The highest BCUT2D eigenvalue weighted by Gasteiger charge is 2.32. The largest absolute Gasteiger partial charge is 0.378 e. The van der Waals surface area contributed by atoms with Crippen LogP contribution in [0.3, 0.4) is 0 Å². The van der Waals surface area contributed by atoms with Crippen molar-refractivity contribution in [3.63, 3.8) is 0 Å². The first-order chi connectivity index (χ1) is 12.5. The number of allylic oxidation sites excluding steroid dienone is 4. The van der Waals surface area contributed by atoms with E-state index in [0.29, 0.717) is 18.3 Å². The van der Waals surface area contributed by atoms with Crippen molar-refractivity contribution in [3.05, 3.63) is 35.6 Å². The van der Waals surface area contributed by atoms with Gasteiger partial charge >= 0.3 is 6.03 Å². The summed E-state index contributed by atoms with van der Waals surface area (Å²) in [5, 5.41) is 5.28. The molecule has 0 aromatic carbocycles. The van der Waals surface area contributed by atoms with Crippen LogP contribution in [0, 0.1) is 5.92 Å². The molecule has 1 fully saturated rings. The van der Waals surface area contributed by atoms with E-state index >= 15 is 0 Å². The molecule has 0 aromatic rings. The third-order valence-electron chi connectivity index (χ3n) is 4.94. The third kappa shape index (κ3) is 5.58. The van der Waals surface area contributed by atoms with Gasteiger partial charge in [0.15, 0.2) is 5.78 Å². The zero-order chi connectivity index (χ0) is 18.9. The maximum atomic E-state index is 13.2. The highest BCUT2D eigenvalue weighted by Crippen LogP contribution is 2.28. The average Bonchev–Trinajstić information content (AvgIpc) is 2.91. The minimum absolute atomic E-state index is 0.0530. The number of nitrogens with zero attached hydrogens (tertiary/aromatic N) is 1. The number of hydrogen-bond donors (Lipinski definition) is 2. The second-order valence-electron chi connectivity index (χ2n) is 7.01. The second-order valence-corrected chi connectivity index (χ2v) is 7.01. The van der Waals surface area contributed by atoms with E-state index in [2.05, 4.69) is 16.7 Å². The molecular formula is C20H29N3O3. The second kappa shape index (κ2) is 9.94. The molecular weight excluding hydrogens is 330 g/mol. The van der Waals surface area contributed by atoms with Gasteiger partial charge in [0, 0.05) is 25.4 Å². The van der Waals surface area contributed by atoms with Gasteiger partial charge in [0.2, 0.25) is 0 Å². The van der Waals surface area contributed by atoms with Crippen molar-refractivity contribution in [2.24, 2.45) is 5.92 Å². The van der Waals surface area contributed by atoms with Crippen molar-refractivity contribution in [3.8, 4) is 0 Å². The van der Waals surface area contributed by atoms with Crippen LogP contribution in [0.25, 0.3) is 0 Å². The van der Waals surface area contributed by atoms with Gasteiger partial charge in [0.25, 0.3) is 0 Å². The lowest BCUT2D eigenvalue weighted by Crippen LogP contribution is -2.50. The van der Waals surface area contributed by atoms with Crippen LogP contribution < -0.4 is 10.6 Å². The predicted molar refractivity (Wildman–Crippen MR) is 102 cm³/mol. The number of nitrogens with one attached hydrogen (secondary N) is 2. The van der Waals surface area contributed by atoms with Gasteiger partial charge in [-0.3, -0.25) is 4.79 Å². The third-order valence-corrected chi connectivity index (χ3v) is 4.94. The smallest absolute Gasteiger partial charge is 0.315 e. The van der Waals surface area contributed by atoms with Gasteiger partial charge in [-0.15, -0.1) is 0 Å². The summed E-state index contributed by atoms with van der Waals surface area (Å²) in [6.45, 7) is -0.0594. The molecule has 0 radical (unpaired) electrons. The summed E-state index contributed by atoms with van der Waals surface area (Å²) < 4.78 is 0. The molecule has 0 saturated heterocycles. The molecule has 0 aromatic heterocycles. The molecule has 2 aliphatic rings. The molecule has 1 unspecified atom stereocenters. The summed E-state index contributed by atoms with van der Waals surface area (Å²) in [5.41, 5.74) is 1.68. The van der Waals surface area contributed by atoms with E-state index in [1.54, 1.807) is 0 Å². The van der Waals surface area contributed by atoms with Gasteiger partial charge in [-0.05, 0) is 37.3 Å². The Kier molecular flexibility index (Phi) is 7.63. The van der Waals surface area contributed by atoms with E-state index in [-0.39, 0.29) is 18.2 Å². The molecule has 2 amide bonds. The molecule has 142 valence electrons. The Hall–Kier alpha value is -2.37. The van der Waals surface area contributed by atoms with Crippen LogP contribution in [0.1, 0.15) is 38.5 Å². The van der Waals surface area contributed by atoms with E-state index < -0.39 is 12.1 Å². The van der Waals surface area contributed by atoms with Crippen molar-refractivity contribution >= 4 is 18.1 Å². The number of rotatable bonds is 7. The van der Waals surface area contributed by atoms with Crippen LogP contribution in [-0.2, 0) is 9.59 Å². The van der Waals surface area contributed by atoms with Crippen molar-refractivity contribution in [2.45, 2.75) is 44.6 Å². The van der Waals surface area contributed by atoms with E-state index in [0.717, 1.165) is 31.4 Å². The van der Waals surface area contributed by atoms with Crippen LogP contribution in [0.5, 0.6) is 0 Å². The molecule has 0 aliphatic heterocycles. The fraction of sp³-hybridized carbons (Fsp3) is 0.550. The number of Topliss-reactive ketones (excluding diaryl/α,β-unsaturated/α-hetero) is 1. The normalized spacial score (nSPS) is 18.8. The fourth-order valence-corrected chi connectivity index (χ4v) is 3.50. The molecule has 1 atom stereocenters. The highest BCUT2D eigenvalue weighted by atomic mass is 16.2. The van der Waals surface area contributed by atoms with E-state index in [1.807, 2.05) is 37.2 Å². The van der Waals surface area contributed by atoms with Crippen LogP contribution >= 0.6 is 0 Å². The molecule has 2 rings (SSSR count). The minimum Gasteiger partial charge on any atom is -0.378 e. The molecule has 0 bridgehead atoms. The van der Waals surface area contributed by atoms with Crippen LogP contribution in [0.15, 0.2) is 35.6 Å². The summed E-state index contributed by atoms with van der Waals surface area (Å²) in [6, 6.07) is -1.02. The Morgan fingerprint density at radius 1 is 1.19 bits per heavy atom. The van der Waals surface area contributed by atoms with Crippen LogP contribution in [0.4, 0.5) is 4.79 Å². The Bertz CT molecular complexity index is 614. The van der Waals surface area contributed by atoms with Crippen LogP contribution in [-0.4, -0.2) is 49.7 Å². The number of hydrogen-bond acceptors (Lipinski definition) is 4. The lowest BCUT2D eigenvalue weighted by molar-refractivity contribution is -0.118. The fourth-order valence-electron chi connectivity index (χ4n) is 3.50. The Balaban J connectivity index is 2.14. The maximum absolute atomic E-state index is 13.2. The summed E-state index contributed by atoms with van der Waals surface area (Å²) in [7, 11) is 3.93. The number of aldehydes is 1. The number of carbonyl (C=O) groups excluding carboxylic acids is 3. The van der Waals surface area contributed by atoms with Crippen molar-refractivity contribution < 1.29 is 14.4 Å². The first-order valence-electron chi connectivity index (χ1n) is 9.31. The summed E-state index contributed by atoms with van der Waals surface area (Å²) in [4.78, 5) is 37.7. The van der Waals surface area contributed by atoms with Crippen LogP contribution in [0.2, 0.25) is 0 Å². The maximum Gasteiger partial charge on any atom is 0.315 e. The average molecular weight is 359 g/mol. The van der Waals surface area contributed by atoms with Gasteiger partial charge in [-0.25, -0.2) is 4.79 Å². The molecule has 0 spiro atoms. The number of urea groups is 1. The lowest BCUT2D eigenvalue weighted by atomic mass is 9.80. The lowest BCUT2D eigenvalue weighted by Gasteiger charge is -2.30. The Morgan fingerprint density at radius 3 is 2.58 bits per heavy atom. The van der Waals surface area contributed by atoms with Gasteiger partial charge in [0.05, 0.1) is 12.6 Å². The topological polar surface area (TPSA) is 78.5 Å².